The van der Waals surface area contributed by atoms with Crippen LogP contribution in [0.4, 0.5) is 0 Å². The molecular formula is C17H25Br. The van der Waals surface area contributed by atoms with E-state index in [2.05, 4.69) is 61.0 Å². The van der Waals surface area contributed by atoms with Gasteiger partial charge >= 0.3 is 0 Å². The highest BCUT2D eigenvalue weighted by Gasteiger charge is 2.22. The first-order chi connectivity index (χ1) is 8.53. The van der Waals surface area contributed by atoms with E-state index in [1.807, 2.05) is 0 Å². The molecule has 0 saturated heterocycles. The van der Waals surface area contributed by atoms with Crippen LogP contribution >= 0.6 is 15.9 Å². The molecule has 0 amide bonds. The average Bonchev–Trinajstić information content (AvgIpc) is 2.33. The SMILES string of the molecule is CCC(C)(C)c1ccc(C(Br)CC2CCC2)cc1. The summed E-state index contributed by atoms with van der Waals surface area (Å²) in [6.07, 6.45) is 6.79. The van der Waals surface area contributed by atoms with Crippen LogP contribution in [0.2, 0.25) is 0 Å². The van der Waals surface area contributed by atoms with Crippen LogP contribution in [-0.2, 0) is 5.41 Å². The summed E-state index contributed by atoms with van der Waals surface area (Å²) in [5.74, 6) is 0.959. The van der Waals surface area contributed by atoms with Crippen molar-refractivity contribution >= 4 is 15.9 Å². The number of hydrogen-bond acceptors (Lipinski definition) is 0. The van der Waals surface area contributed by atoms with Crippen molar-refractivity contribution in [2.24, 2.45) is 5.92 Å². The molecule has 1 fully saturated rings. The zero-order valence-corrected chi connectivity index (χ0v) is 13.5. The molecular weight excluding hydrogens is 284 g/mol. The zero-order valence-electron chi connectivity index (χ0n) is 11.9. The maximum absolute atomic E-state index is 3.85. The maximum Gasteiger partial charge on any atom is 0.0397 e. The fourth-order valence-electron chi connectivity index (χ4n) is 2.50. The molecule has 2 rings (SSSR count). The number of benzene rings is 1. The van der Waals surface area contributed by atoms with E-state index in [1.54, 1.807) is 0 Å². The molecule has 1 unspecified atom stereocenters. The smallest absolute Gasteiger partial charge is 0.0397 e. The quantitative estimate of drug-likeness (QED) is 0.585. The molecule has 0 radical (unpaired) electrons. The van der Waals surface area contributed by atoms with Gasteiger partial charge in [-0.05, 0) is 35.3 Å². The van der Waals surface area contributed by atoms with Gasteiger partial charge in [0, 0.05) is 4.83 Å². The van der Waals surface area contributed by atoms with E-state index in [-0.39, 0.29) is 0 Å². The molecule has 0 bridgehead atoms. The highest BCUT2D eigenvalue weighted by molar-refractivity contribution is 9.09. The third-order valence-corrected chi connectivity index (χ3v) is 5.61. The van der Waals surface area contributed by atoms with Crippen molar-refractivity contribution in [3.05, 3.63) is 35.4 Å². The van der Waals surface area contributed by atoms with Crippen LogP contribution in [0.5, 0.6) is 0 Å². The van der Waals surface area contributed by atoms with Gasteiger partial charge in [0.2, 0.25) is 0 Å². The molecule has 1 aromatic rings. The molecule has 0 spiro atoms. The molecule has 100 valence electrons. The fourth-order valence-corrected chi connectivity index (χ4v) is 3.34. The molecule has 1 heteroatoms. The minimum atomic E-state index is 0.300. The predicted octanol–water partition coefficient (Wildman–Crippen LogP) is 6.00. The zero-order chi connectivity index (χ0) is 13.2. The molecule has 0 aliphatic heterocycles. The van der Waals surface area contributed by atoms with Crippen LogP contribution in [0.1, 0.15) is 68.8 Å². The summed E-state index contributed by atoms with van der Waals surface area (Å²) in [6, 6.07) is 9.25. The van der Waals surface area contributed by atoms with Crippen LogP contribution < -0.4 is 0 Å². The van der Waals surface area contributed by atoms with Gasteiger partial charge in [0.1, 0.15) is 0 Å². The van der Waals surface area contributed by atoms with Gasteiger partial charge in [-0.3, -0.25) is 0 Å². The first-order valence-corrected chi connectivity index (χ1v) is 8.19. The Balaban J connectivity index is 2.02. The van der Waals surface area contributed by atoms with Crippen LogP contribution in [0.3, 0.4) is 0 Å². The Morgan fingerprint density at radius 3 is 2.28 bits per heavy atom. The second-order valence-corrected chi connectivity index (χ2v) is 7.46. The van der Waals surface area contributed by atoms with Gasteiger partial charge < -0.3 is 0 Å². The average molecular weight is 309 g/mol. The second kappa shape index (κ2) is 5.77. The summed E-state index contributed by atoms with van der Waals surface area (Å²) < 4.78 is 0. The Kier molecular flexibility index (Phi) is 4.53. The van der Waals surface area contributed by atoms with Gasteiger partial charge in [-0.2, -0.15) is 0 Å². The molecule has 1 aromatic carbocycles. The minimum absolute atomic E-state index is 0.300. The number of alkyl halides is 1. The molecule has 1 atom stereocenters. The van der Waals surface area contributed by atoms with Crippen LogP contribution in [0.25, 0.3) is 0 Å². The van der Waals surface area contributed by atoms with Crippen molar-refractivity contribution in [3.63, 3.8) is 0 Å². The third-order valence-electron chi connectivity index (χ3n) is 4.70. The maximum atomic E-state index is 3.85. The fraction of sp³-hybridized carbons (Fsp3) is 0.647. The van der Waals surface area contributed by atoms with Gasteiger partial charge in [0.25, 0.3) is 0 Å². The summed E-state index contributed by atoms with van der Waals surface area (Å²) in [5.41, 5.74) is 3.20. The van der Waals surface area contributed by atoms with Crippen molar-refractivity contribution in [3.8, 4) is 0 Å². The molecule has 18 heavy (non-hydrogen) atoms. The standard InChI is InChI=1S/C17H25Br/c1-4-17(2,3)15-10-8-14(9-11-15)16(18)12-13-6-5-7-13/h8-11,13,16H,4-7,12H2,1-3H3. The lowest BCUT2D eigenvalue weighted by Crippen LogP contribution is -2.15. The van der Waals surface area contributed by atoms with Crippen LogP contribution in [0, 0.1) is 5.92 Å². The normalized spacial score (nSPS) is 18.4. The Morgan fingerprint density at radius 2 is 1.83 bits per heavy atom. The largest absolute Gasteiger partial charge is 0.0839 e. The van der Waals surface area contributed by atoms with E-state index < -0.39 is 0 Å². The monoisotopic (exact) mass is 308 g/mol. The third kappa shape index (κ3) is 3.17. The summed E-state index contributed by atoms with van der Waals surface area (Å²) in [6.45, 7) is 6.90. The summed E-state index contributed by atoms with van der Waals surface area (Å²) in [4.78, 5) is 0.543. The summed E-state index contributed by atoms with van der Waals surface area (Å²) in [7, 11) is 0. The van der Waals surface area contributed by atoms with Crippen LogP contribution in [-0.4, -0.2) is 0 Å². The first-order valence-electron chi connectivity index (χ1n) is 7.27. The lowest BCUT2D eigenvalue weighted by atomic mass is 9.80. The van der Waals surface area contributed by atoms with E-state index in [9.17, 15) is 0 Å². The molecule has 0 nitrogen and oxygen atoms in total. The van der Waals surface area contributed by atoms with Gasteiger partial charge in [-0.25, -0.2) is 0 Å². The molecule has 1 aliphatic rings. The number of hydrogen-bond donors (Lipinski definition) is 0. The Bertz CT molecular complexity index is 373. The van der Waals surface area contributed by atoms with Gasteiger partial charge in [0.05, 0.1) is 0 Å². The molecule has 1 aliphatic carbocycles. The van der Waals surface area contributed by atoms with E-state index >= 15 is 0 Å². The van der Waals surface area contributed by atoms with Gasteiger partial charge in [0.15, 0.2) is 0 Å². The lowest BCUT2D eigenvalue weighted by Gasteiger charge is -2.28. The Morgan fingerprint density at radius 1 is 1.22 bits per heavy atom. The van der Waals surface area contributed by atoms with Crippen LogP contribution in [0.15, 0.2) is 24.3 Å². The summed E-state index contributed by atoms with van der Waals surface area (Å²) >= 11 is 3.85. The second-order valence-electron chi connectivity index (χ2n) is 6.36. The topological polar surface area (TPSA) is 0 Å². The highest BCUT2D eigenvalue weighted by Crippen LogP contribution is 2.39. The van der Waals surface area contributed by atoms with Crippen molar-refractivity contribution in [1.29, 1.82) is 0 Å². The lowest BCUT2D eigenvalue weighted by molar-refractivity contribution is 0.295. The van der Waals surface area contributed by atoms with E-state index in [0.717, 1.165) is 5.92 Å². The van der Waals surface area contributed by atoms with E-state index in [4.69, 9.17) is 0 Å². The molecule has 0 N–H and O–H groups in total. The highest BCUT2D eigenvalue weighted by atomic mass is 79.9. The van der Waals surface area contributed by atoms with Crippen molar-refractivity contribution < 1.29 is 0 Å². The molecule has 1 saturated carbocycles. The first kappa shape index (κ1) is 14.1. The Hall–Kier alpha value is -0.300. The summed E-state index contributed by atoms with van der Waals surface area (Å²) in [5, 5.41) is 0. The molecule has 0 aromatic heterocycles. The van der Waals surface area contributed by atoms with E-state index in [1.165, 1.54) is 43.2 Å². The van der Waals surface area contributed by atoms with E-state index in [0.29, 0.717) is 10.2 Å². The predicted molar refractivity (Wildman–Crippen MR) is 83.4 cm³/mol. The van der Waals surface area contributed by atoms with Gasteiger partial charge in [-0.15, -0.1) is 0 Å². The van der Waals surface area contributed by atoms with Crippen molar-refractivity contribution in [2.45, 2.75) is 63.1 Å². The molecule has 0 heterocycles. The minimum Gasteiger partial charge on any atom is -0.0839 e. The number of rotatable bonds is 5. The Labute approximate surface area is 120 Å². The number of halogens is 1. The van der Waals surface area contributed by atoms with Crippen molar-refractivity contribution in [1.82, 2.24) is 0 Å². The van der Waals surface area contributed by atoms with Crippen molar-refractivity contribution in [2.75, 3.05) is 0 Å². The van der Waals surface area contributed by atoms with Gasteiger partial charge in [-0.1, -0.05) is 80.2 Å².